The van der Waals surface area contributed by atoms with Gasteiger partial charge in [0.05, 0.1) is 33.5 Å². The molecule has 0 fully saturated rings. The van der Waals surface area contributed by atoms with Crippen LogP contribution in [0.5, 0.6) is 11.5 Å². The van der Waals surface area contributed by atoms with Gasteiger partial charge in [-0.05, 0) is 116 Å². The van der Waals surface area contributed by atoms with Crippen molar-refractivity contribution in [3.8, 4) is 22.6 Å². The lowest BCUT2D eigenvalue weighted by atomic mass is 10.1. The topological polar surface area (TPSA) is 139 Å². The molecule has 4 N–H and O–H groups in total. The van der Waals surface area contributed by atoms with Crippen molar-refractivity contribution in [2.75, 3.05) is 26.3 Å². The van der Waals surface area contributed by atoms with Crippen LogP contribution in [0, 0.1) is 0 Å². The Balaban J connectivity index is 1.18. The van der Waals surface area contributed by atoms with Gasteiger partial charge in [-0.15, -0.1) is 0 Å². The second-order valence-electron chi connectivity index (χ2n) is 11.2. The molecule has 5 rings (SSSR count). The van der Waals surface area contributed by atoms with Crippen LogP contribution in [-0.2, 0) is 26.1 Å². The van der Waals surface area contributed by atoms with E-state index in [0.29, 0.717) is 53.4 Å². The van der Waals surface area contributed by atoms with Crippen molar-refractivity contribution in [3.63, 3.8) is 0 Å². The third-order valence-corrected chi connectivity index (χ3v) is 12.8. The monoisotopic (exact) mass is 648 g/mol. The number of rotatable bonds is 16. The van der Waals surface area contributed by atoms with Gasteiger partial charge in [-0.1, -0.05) is 48.5 Å². The van der Waals surface area contributed by atoms with Gasteiger partial charge in [0, 0.05) is 0 Å². The Bertz CT molecular complexity index is 1660. The summed E-state index contributed by atoms with van der Waals surface area (Å²) in [6.45, 7) is 1.07. The average Bonchev–Trinajstić information content (AvgIpc) is 3.41. The number of nitrogens with two attached hydrogens (primary N) is 2. The first-order chi connectivity index (χ1) is 21.7. The van der Waals surface area contributed by atoms with Gasteiger partial charge in [0.2, 0.25) is 0 Å². The van der Waals surface area contributed by atoms with Crippen LogP contribution >= 0.6 is 0 Å². The smallest absolute Gasteiger partial charge is 0.181 e. The van der Waals surface area contributed by atoms with Crippen LogP contribution < -0.4 is 20.9 Å². The number of ether oxygens (including phenoxy) is 2. The van der Waals surface area contributed by atoms with Crippen LogP contribution in [0.25, 0.3) is 11.1 Å². The molecule has 1 aliphatic carbocycles. The van der Waals surface area contributed by atoms with E-state index < -0.39 is 30.2 Å². The van der Waals surface area contributed by atoms with E-state index in [4.69, 9.17) is 20.9 Å². The molecule has 2 unspecified atom stereocenters. The van der Waals surface area contributed by atoms with Crippen LogP contribution in [0.2, 0.25) is 0 Å². The first-order valence-electron chi connectivity index (χ1n) is 15.2. The van der Waals surface area contributed by atoms with Crippen molar-refractivity contribution in [2.24, 2.45) is 11.5 Å². The van der Waals surface area contributed by atoms with Gasteiger partial charge < -0.3 is 20.9 Å². The molecule has 2 atom stereocenters. The minimum absolute atomic E-state index is 0.256. The lowest BCUT2D eigenvalue weighted by molar-refractivity contribution is 0.305. The summed E-state index contributed by atoms with van der Waals surface area (Å²) < 4.78 is 64.7. The van der Waals surface area contributed by atoms with E-state index in [0.717, 1.165) is 22.3 Å². The first kappa shape index (κ1) is 32.7. The number of benzene rings is 4. The van der Waals surface area contributed by atoms with E-state index in [9.17, 15) is 16.8 Å². The predicted octanol–water partition coefficient (Wildman–Crippen LogP) is 5.18. The minimum Gasteiger partial charge on any atom is -0.494 e. The molecular formula is C35H40N2O6S2. The molecule has 0 saturated carbocycles. The zero-order chi connectivity index (χ0) is 31.9. The normalized spacial score (nSPS) is 13.9. The van der Waals surface area contributed by atoms with Gasteiger partial charge in [-0.2, -0.15) is 0 Å². The van der Waals surface area contributed by atoms with Gasteiger partial charge in [-0.3, -0.25) is 0 Å². The van der Waals surface area contributed by atoms with E-state index in [-0.39, 0.29) is 26.3 Å². The zero-order valence-electron chi connectivity index (χ0n) is 25.2. The number of sulfone groups is 2. The fourth-order valence-corrected chi connectivity index (χ4v) is 9.39. The van der Waals surface area contributed by atoms with Gasteiger partial charge in [0.1, 0.15) is 11.5 Å². The molecule has 0 saturated heterocycles. The molecule has 238 valence electrons. The summed E-state index contributed by atoms with van der Waals surface area (Å²) >= 11 is 0. The highest BCUT2D eigenvalue weighted by atomic mass is 32.2. The summed E-state index contributed by atoms with van der Waals surface area (Å²) in [7, 11) is -7.02. The standard InChI is InChI=1S/C35H40N2O6S2/c36-19-15-32(44(38,39)30-7-3-1-4-8-30)17-21-42-28-11-13-34-26(24-28)23-27-25-29(12-14-35(27)34)43-22-18-33(16-20-37)45(40,41)31-9-5-2-6-10-31/h1-14,24-25,32-33H,15-23,36-37H2. The molecule has 0 radical (unpaired) electrons. The summed E-state index contributed by atoms with van der Waals surface area (Å²) in [6.07, 6.45) is 2.11. The Hall–Kier alpha value is -3.70. The Labute approximate surface area is 266 Å². The van der Waals surface area contributed by atoms with Crippen molar-refractivity contribution in [1.29, 1.82) is 0 Å². The second kappa shape index (κ2) is 14.6. The molecule has 0 aliphatic heterocycles. The van der Waals surface area contributed by atoms with Crippen molar-refractivity contribution in [2.45, 2.75) is 52.4 Å². The summed E-state index contributed by atoms with van der Waals surface area (Å²) in [4.78, 5) is 0.601. The van der Waals surface area contributed by atoms with E-state index in [2.05, 4.69) is 0 Å². The van der Waals surface area contributed by atoms with Crippen LogP contribution in [0.1, 0.15) is 36.8 Å². The lowest BCUT2D eigenvalue weighted by Crippen LogP contribution is -2.26. The Morgan fingerprint density at radius 2 is 0.956 bits per heavy atom. The molecule has 1 aliphatic rings. The fraction of sp³-hybridized carbons (Fsp3) is 0.314. The van der Waals surface area contributed by atoms with Crippen LogP contribution in [0.4, 0.5) is 0 Å². The van der Waals surface area contributed by atoms with Crippen molar-refractivity contribution in [3.05, 3.63) is 108 Å². The first-order valence-corrected chi connectivity index (χ1v) is 18.3. The number of hydrogen-bond acceptors (Lipinski definition) is 8. The third kappa shape index (κ3) is 7.58. The summed E-state index contributed by atoms with van der Waals surface area (Å²) in [6, 6.07) is 28.8. The van der Waals surface area contributed by atoms with Crippen LogP contribution in [0.3, 0.4) is 0 Å². The summed E-state index contributed by atoms with van der Waals surface area (Å²) in [5, 5.41) is -1.24. The molecule has 45 heavy (non-hydrogen) atoms. The highest BCUT2D eigenvalue weighted by Gasteiger charge is 2.28. The predicted molar refractivity (Wildman–Crippen MR) is 177 cm³/mol. The maximum atomic E-state index is 13.1. The average molecular weight is 649 g/mol. The Morgan fingerprint density at radius 3 is 1.33 bits per heavy atom. The molecular weight excluding hydrogens is 609 g/mol. The SMILES string of the molecule is NCCC(CCOc1ccc2c(c1)Cc1cc(OCCC(CCN)S(=O)(=O)c3ccccc3)ccc1-2)S(=O)(=O)c1ccccc1. The molecule has 8 nitrogen and oxygen atoms in total. The quantitative estimate of drug-likeness (QED) is 0.149. The molecule has 0 bridgehead atoms. The molecule has 0 heterocycles. The maximum Gasteiger partial charge on any atom is 0.181 e. The largest absolute Gasteiger partial charge is 0.494 e. The lowest BCUT2D eigenvalue weighted by Gasteiger charge is -2.18. The van der Waals surface area contributed by atoms with Crippen LogP contribution in [-0.4, -0.2) is 53.6 Å². The van der Waals surface area contributed by atoms with Crippen molar-refractivity contribution in [1.82, 2.24) is 0 Å². The summed E-state index contributed by atoms with van der Waals surface area (Å²) in [5.41, 5.74) is 16.0. The highest BCUT2D eigenvalue weighted by molar-refractivity contribution is 7.92. The molecule has 0 spiro atoms. The van der Waals surface area contributed by atoms with E-state index in [1.54, 1.807) is 60.7 Å². The Morgan fingerprint density at radius 1 is 0.556 bits per heavy atom. The fourth-order valence-electron chi connectivity index (χ4n) is 5.85. The number of fused-ring (bicyclic) bond motifs is 3. The number of hydrogen-bond donors (Lipinski definition) is 2. The highest BCUT2D eigenvalue weighted by Crippen LogP contribution is 2.40. The van der Waals surface area contributed by atoms with E-state index in [1.165, 1.54) is 0 Å². The van der Waals surface area contributed by atoms with Gasteiger partial charge in [0.25, 0.3) is 0 Å². The summed E-state index contributed by atoms with van der Waals surface area (Å²) in [5.74, 6) is 1.37. The zero-order valence-corrected chi connectivity index (χ0v) is 26.8. The maximum absolute atomic E-state index is 13.1. The molecule has 0 aromatic heterocycles. The van der Waals surface area contributed by atoms with Gasteiger partial charge in [-0.25, -0.2) is 16.8 Å². The second-order valence-corrected chi connectivity index (χ2v) is 15.7. The van der Waals surface area contributed by atoms with Crippen molar-refractivity contribution >= 4 is 19.7 Å². The Kier molecular flexibility index (Phi) is 10.6. The van der Waals surface area contributed by atoms with Gasteiger partial charge in [0.15, 0.2) is 19.7 Å². The third-order valence-electron chi connectivity index (χ3n) is 8.24. The van der Waals surface area contributed by atoms with E-state index in [1.807, 2.05) is 36.4 Å². The molecule has 4 aromatic carbocycles. The molecule has 4 aromatic rings. The van der Waals surface area contributed by atoms with Gasteiger partial charge >= 0.3 is 0 Å². The molecule has 10 heteroatoms. The molecule has 0 amide bonds. The van der Waals surface area contributed by atoms with Crippen LogP contribution in [0.15, 0.2) is 107 Å². The van der Waals surface area contributed by atoms with E-state index >= 15 is 0 Å². The van der Waals surface area contributed by atoms with Crippen molar-refractivity contribution < 1.29 is 26.3 Å². The minimum atomic E-state index is -3.51.